The number of benzene rings is 2. The quantitative estimate of drug-likeness (QED) is 0.283. The number of hydrazone groups is 1. The first kappa shape index (κ1) is 21.5. The van der Waals surface area contributed by atoms with Crippen molar-refractivity contribution < 1.29 is 19.3 Å². The largest absolute Gasteiger partial charge is 0.507 e. The Hall–Kier alpha value is -4.74. The first-order valence-electron chi connectivity index (χ1n) is 9.90. The molecule has 4 aromatic rings. The molecule has 0 aliphatic heterocycles. The van der Waals surface area contributed by atoms with Gasteiger partial charge in [0, 0.05) is 11.1 Å². The number of aromatic nitrogens is 5. The predicted molar refractivity (Wildman–Crippen MR) is 118 cm³/mol. The van der Waals surface area contributed by atoms with Gasteiger partial charge < -0.3 is 15.6 Å². The Morgan fingerprint density at radius 3 is 2.64 bits per heavy atom. The van der Waals surface area contributed by atoms with Gasteiger partial charge >= 0.3 is 0 Å². The van der Waals surface area contributed by atoms with E-state index < -0.39 is 5.91 Å². The number of phenolic OH excluding ortho intramolecular Hbond substituents is 1. The van der Waals surface area contributed by atoms with E-state index in [9.17, 15) is 9.90 Å². The van der Waals surface area contributed by atoms with Gasteiger partial charge in [-0.15, -0.1) is 5.10 Å². The fourth-order valence-corrected chi connectivity index (χ4v) is 3.08. The second-order valence-electron chi connectivity index (χ2n) is 6.78. The van der Waals surface area contributed by atoms with E-state index in [1.165, 1.54) is 10.7 Å². The highest BCUT2D eigenvalue weighted by Gasteiger charge is 2.25. The molecule has 12 nitrogen and oxygen atoms in total. The van der Waals surface area contributed by atoms with Crippen molar-refractivity contribution in [3.8, 4) is 28.6 Å². The molecule has 0 aliphatic rings. The summed E-state index contributed by atoms with van der Waals surface area (Å²) in [5, 5.41) is 29.4. The number of rotatable bonds is 7. The number of hydrogen-bond donors (Lipinski definition) is 3. The number of phenols is 1. The van der Waals surface area contributed by atoms with Crippen molar-refractivity contribution in [2.24, 2.45) is 5.10 Å². The highest BCUT2D eigenvalue weighted by atomic mass is 16.6. The van der Waals surface area contributed by atoms with Gasteiger partial charge in [-0.1, -0.05) is 17.3 Å². The van der Waals surface area contributed by atoms with Gasteiger partial charge in [-0.2, -0.15) is 9.78 Å². The Bertz CT molecular complexity index is 1310. The molecule has 4 N–H and O–H groups in total. The fourth-order valence-electron chi connectivity index (χ4n) is 3.08. The van der Waals surface area contributed by atoms with E-state index in [0.717, 1.165) is 0 Å². The molecule has 0 spiro atoms. The Morgan fingerprint density at radius 2 is 1.97 bits per heavy atom. The molecule has 0 aliphatic carbocycles. The minimum Gasteiger partial charge on any atom is -0.507 e. The van der Waals surface area contributed by atoms with Crippen LogP contribution < -0.4 is 15.9 Å². The topological polar surface area (TPSA) is 167 Å². The van der Waals surface area contributed by atoms with E-state index in [2.05, 4.69) is 35.8 Å². The third-order valence-electron chi connectivity index (χ3n) is 4.64. The summed E-state index contributed by atoms with van der Waals surface area (Å²) in [6, 6.07) is 13.7. The van der Waals surface area contributed by atoms with Crippen LogP contribution in [0.4, 0.5) is 5.82 Å². The number of amides is 1. The van der Waals surface area contributed by atoms with Gasteiger partial charge in [0.2, 0.25) is 11.6 Å². The van der Waals surface area contributed by atoms with Crippen molar-refractivity contribution in [1.82, 2.24) is 30.7 Å². The third-order valence-corrected chi connectivity index (χ3v) is 4.64. The number of nitrogens with zero attached hydrogens (tertiary/aromatic N) is 6. The highest BCUT2D eigenvalue weighted by Crippen LogP contribution is 2.28. The lowest BCUT2D eigenvalue weighted by molar-refractivity contribution is 0.0950. The molecule has 1 amide bonds. The minimum atomic E-state index is -0.630. The van der Waals surface area contributed by atoms with E-state index in [-0.39, 0.29) is 23.1 Å². The molecule has 2 aromatic carbocycles. The summed E-state index contributed by atoms with van der Waals surface area (Å²) in [6.45, 7) is 4.05. The molecule has 0 fully saturated rings. The monoisotopic (exact) mass is 448 g/mol. The maximum absolute atomic E-state index is 13.0. The fraction of sp³-hybridized carbons (Fsp3) is 0.143. The van der Waals surface area contributed by atoms with Crippen LogP contribution in [-0.2, 0) is 0 Å². The maximum atomic E-state index is 13.0. The summed E-state index contributed by atoms with van der Waals surface area (Å²) in [5.74, 6) is 0.140. The molecule has 2 heterocycles. The van der Waals surface area contributed by atoms with Crippen LogP contribution in [0.5, 0.6) is 11.5 Å². The Morgan fingerprint density at radius 1 is 1.21 bits per heavy atom. The van der Waals surface area contributed by atoms with E-state index in [0.29, 0.717) is 34.9 Å². The number of aromatic hydroxyl groups is 1. The Balaban J connectivity index is 1.71. The lowest BCUT2D eigenvalue weighted by atomic mass is 10.1. The highest BCUT2D eigenvalue weighted by molar-refractivity contribution is 6.03. The zero-order valence-electron chi connectivity index (χ0n) is 17.8. The van der Waals surface area contributed by atoms with Crippen LogP contribution in [0.3, 0.4) is 0 Å². The predicted octanol–water partition coefficient (Wildman–Crippen LogP) is 2.16. The van der Waals surface area contributed by atoms with Gasteiger partial charge in [-0.05, 0) is 60.6 Å². The van der Waals surface area contributed by atoms with E-state index in [1.54, 1.807) is 49.4 Å². The number of ether oxygens (including phenoxy) is 1. The van der Waals surface area contributed by atoms with Gasteiger partial charge in [-0.3, -0.25) is 4.79 Å². The van der Waals surface area contributed by atoms with Gasteiger partial charge in [0.1, 0.15) is 17.2 Å². The smallest absolute Gasteiger partial charge is 0.294 e. The third kappa shape index (κ3) is 4.35. The lowest BCUT2D eigenvalue weighted by Gasteiger charge is -2.08. The van der Waals surface area contributed by atoms with Crippen molar-refractivity contribution >= 4 is 17.4 Å². The summed E-state index contributed by atoms with van der Waals surface area (Å²) < 4.78 is 11.4. The van der Waals surface area contributed by atoms with Crippen molar-refractivity contribution in [2.75, 3.05) is 12.3 Å². The second kappa shape index (κ2) is 9.18. The molecule has 0 radical (unpaired) electrons. The molecule has 0 bridgehead atoms. The standard InChI is InChI=1S/C21H20N8O4/c1-3-32-14-10-8-13(9-11-14)18-17(24-28-29(18)20-19(22)26-33-27-20)21(31)25-23-12(2)15-6-4-5-7-16(15)30/h4-11,30H,3H2,1-2H3,(H2,22,26)(H,25,31). The van der Waals surface area contributed by atoms with Crippen LogP contribution in [0.2, 0.25) is 0 Å². The molecule has 168 valence electrons. The van der Waals surface area contributed by atoms with Crippen LogP contribution in [0.15, 0.2) is 58.3 Å². The number of anilines is 1. The molecule has 33 heavy (non-hydrogen) atoms. The summed E-state index contributed by atoms with van der Waals surface area (Å²) >= 11 is 0. The molecule has 0 saturated heterocycles. The number of nitrogens with two attached hydrogens (primary N) is 1. The molecule has 0 saturated carbocycles. The number of hydrogen-bond acceptors (Lipinski definition) is 10. The van der Waals surface area contributed by atoms with Crippen molar-refractivity contribution in [3.63, 3.8) is 0 Å². The van der Waals surface area contributed by atoms with Crippen molar-refractivity contribution in [1.29, 1.82) is 0 Å². The molecular formula is C21H20N8O4. The summed E-state index contributed by atoms with van der Waals surface area (Å²) in [4.78, 5) is 13.0. The summed E-state index contributed by atoms with van der Waals surface area (Å²) in [6.07, 6.45) is 0. The zero-order valence-corrected chi connectivity index (χ0v) is 17.8. The van der Waals surface area contributed by atoms with Crippen LogP contribution >= 0.6 is 0 Å². The minimum absolute atomic E-state index is 0.0209. The van der Waals surface area contributed by atoms with Gasteiger partial charge in [0.15, 0.2) is 5.69 Å². The van der Waals surface area contributed by atoms with Crippen molar-refractivity contribution in [2.45, 2.75) is 13.8 Å². The number of nitrogens with one attached hydrogen (secondary N) is 1. The van der Waals surface area contributed by atoms with E-state index >= 15 is 0 Å². The SMILES string of the molecule is CCOc1ccc(-c2c(C(=O)NN=C(C)c3ccccc3O)nnn2-c2nonc2N)cc1. The average Bonchev–Trinajstić information content (AvgIpc) is 3.44. The van der Waals surface area contributed by atoms with Gasteiger partial charge in [0.25, 0.3) is 5.91 Å². The van der Waals surface area contributed by atoms with E-state index in [4.69, 9.17) is 10.5 Å². The maximum Gasteiger partial charge on any atom is 0.294 e. The van der Waals surface area contributed by atoms with Crippen LogP contribution in [0.1, 0.15) is 29.9 Å². The average molecular weight is 448 g/mol. The Kier molecular flexibility index (Phi) is 5.98. The molecule has 12 heteroatoms. The Labute approximate surface area is 187 Å². The number of carbonyl (C=O) groups is 1. The molecule has 0 atom stereocenters. The molecule has 4 rings (SSSR count). The van der Waals surface area contributed by atoms with Gasteiger partial charge in [-0.25, -0.2) is 10.1 Å². The molecular weight excluding hydrogens is 428 g/mol. The lowest BCUT2D eigenvalue weighted by Crippen LogP contribution is -2.21. The van der Waals surface area contributed by atoms with E-state index in [1.807, 2.05) is 6.92 Å². The van der Waals surface area contributed by atoms with Crippen LogP contribution in [-0.4, -0.2) is 48.6 Å². The summed E-state index contributed by atoms with van der Waals surface area (Å²) in [7, 11) is 0. The van der Waals surface area contributed by atoms with Crippen LogP contribution in [0.25, 0.3) is 17.1 Å². The molecule has 2 aromatic heterocycles. The first-order valence-corrected chi connectivity index (χ1v) is 9.90. The van der Waals surface area contributed by atoms with Crippen molar-refractivity contribution in [3.05, 3.63) is 59.8 Å². The normalized spacial score (nSPS) is 11.4. The van der Waals surface area contributed by atoms with Crippen LogP contribution in [0, 0.1) is 0 Å². The van der Waals surface area contributed by atoms with Gasteiger partial charge in [0.05, 0.1) is 12.3 Å². The second-order valence-corrected chi connectivity index (χ2v) is 6.78. The first-order chi connectivity index (χ1) is 16.0. The number of nitrogen functional groups attached to an aromatic ring is 1. The number of para-hydroxylation sites is 1. The summed E-state index contributed by atoms with van der Waals surface area (Å²) in [5.41, 5.74) is 10.0. The zero-order chi connectivity index (χ0) is 23.4. The molecule has 0 unspecified atom stereocenters. The number of carbonyl (C=O) groups excluding carboxylic acids is 1.